The van der Waals surface area contributed by atoms with Crippen LogP contribution < -0.4 is 0 Å². The van der Waals surface area contributed by atoms with Crippen molar-refractivity contribution in [1.29, 1.82) is 0 Å². The molecule has 1 atom stereocenters. The fourth-order valence-corrected chi connectivity index (χ4v) is 9.03. The summed E-state index contributed by atoms with van der Waals surface area (Å²) in [6.07, 6.45) is 78.4. The first-order valence-corrected chi connectivity index (χ1v) is 30.2. The standard InChI is InChI=1S/C63H116O5/c1-3-5-7-9-11-13-15-17-18-19-20-21-22-23-24-25-26-27-28-29-30-31-32-33-34-35-36-37-38-39-40-41-42-43-44-46-48-50-52-54-56-58-63(66)68-61(59-64)60-67-62(65)57-55-53-51-49-47-45-16-14-12-10-8-6-4-2/h14-17,19-20,22-23,61,64H,3-13,18,21,24-60H2,1-2H3/b16-14-,17-15-,20-19-,23-22-. The van der Waals surface area contributed by atoms with Crippen LogP contribution in [0.1, 0.15) is 322 Å². The summed E-state index contributed by atoms with van der Waals surface area (Å²) in [5.41, 5.74) is 0. The van der Waals surface area contributed by atoms with Gasteiger partial charge in [-0.3, -0.25) is 9.59 Å². The van der Waals surface area contributed by atoms with Gasteiger partial charge in [-0.1, -0.05) is 281 Å². The van der Waals surface area contributed by atoms with Crippen LogP contribution in [0.25, 0.3) is 0 Å². The van der Waals surface area contributed by atoms with Crippen LogP contribution in [0, 0.1) is 0 Å². The summed E-state index contributed by atoms with van der Waals surface area (Å²) in [6, 6.07) is 0. The van der Waals surface area contributed by atoms with Gasteiger partial charge in [0, 0.05) is 12.8 Å². The van der Waals surface area contributed by atoms with Gasteiger partial charge in [0.15, 0.2) is 6.10 Å². The van der Waals surface area contributed by atoms with Crippen LogP contribution in [0.3, 0.4) is 0 Å². The molecule has 0 saturated carbocycles. The molecule has 0 saturated heterocycles. The normalized spacial score (nSPS) is 12.5. The molecule has 0 aromatic carbocycles. The van der Waals surface area contributed by atoms with E-state index in [1.165, 1.54) is 238 Å². The van der Waals surface area contributed by atoms with Gasteiger partial charge in [0.2, 0.25) is 0 Å². The van der Waals surface area contributed by atoms with Crippen LogP contribution in [0.5, 0.6) is 0 Å². The Balaban J connectivity index is 3.36. The molecule has 0 rings (SSSR count). The number of hydrogen-bond acceptors (Lipinski definition) is 5. The Morgan fingerprint density at radius 3 is 0.912 bits per heavy atom. The molecule has 0 amide bonds. The minimum absolute atomic E-state index is 0.0661. The summed E-state index contributed by atoms with van der Waals surface area (Å²) in [6.45, 7) is 4.13. The lowest BCUT2D eigenvalue weighted by molar-refractivity contribution is -0.161. The van der Waals surface area contributed by atoms with Crippen molar-refractivity contribution in [1.82, 2.24) is 0 Å². The maximum Gasteiger partial charge on any atom is 0.306 e. The van der Waals surface area contributed by atoms with E-state index in [1.807, 2.05) is 0 Å². The van der Waals surface area contributed by atoms with Gasteiger partial charge < -0.3 is 14.6 Å². The van der Waals surface area contributed by atoms with Gasteiger partial charge >= 0.3 is 11.9 Å². The van der Waals surface area contributed by atoms with Crippen molar-refractivity contribution < 1.29 is 24.2 Å². The second kappa shape index (κ2) is 59.2. The average Bonchev–Trinajstić information content (AvgIpc) is 3.34. The first kappa shape index (κ1) is 65.9. The van der Waals surface area contributed by atoms with Gasteiger partial charge in [0.25, 0.3) is 0 Å². The maximum absolute atomic E-state index is 12.3. The number of ether oxygens (including phenoxy) is 2. The van der Waals surface area contributed by atoms with Crippen LogP contribution in [0.15, 0.2) is 48.6 Å². The van der Waals surface area contributed by atoms with E-state index in [9.17, 15) is 14.7 Å². The highest BCUT2D eigenvalue weighted by atomic mass is 16.6. The first-order valence-electron chi connectivity index (χ1n) is 30.2. The molecule has 1 N–H and O–H groups in total. The van der Waals surface area contributed by atoms with E-state index in [2.05, 4.69) is 62.5 Å². The molecule has 68 heavy (non-hydrogen) atoms. The molecule has 0 aromatic heterocycles. The van der Waals surface area contributed by atoms with E-state index >= 15 is 0 Å². The third kappa shape index (κ3) is 56.4. The third-order valence-electron chi connectivity index (χ3n) is 13.6. The minimum atomic E-state index is -0.772. The summed E-state index contributed by atoms with van der Waals surface area (Å²) in [5.74, 6) is -0.587. The first-order chi connectivity index (χ1) is 33.6. The highest BCUT2D eigenvalue weighted by Crippen LogP contribution is 2.17. The van der Waals surface area contributed by atoms with Crippen molar-refractivity contribution in [3.8, 4) is 0 Å². The zero-order valence-corrected chi connectivity index (χ0v) is 45.6. The lowest BCUT2D eigenvalue weighted by atomic mass is 10.0. The Labute approximate surface area is 424 Å². The monoisotopic (exact) mass is 953 g/mol. The molecule has 0 aliphatic rings. The minimum Gasteiger partial charge on any atom is -0.462 e. The Morgan fingerprint density at radius 1 is 0.338 bits per heavy atom. The number of carbonyl (C=O) groups is 2. The third-order valence-corrected chi connectivity index (χ3v) is 13.6. The highest BCUT2D eigenvalue weighted by molar-refractivity contribution is 5.70. The Hall–Kier alpha value is -2.14. The summed E-state index contributed by atoms with van der Waals surface area (Å²) >= 11 is 0. The number of aliphatic hydroxyl groups is 1. The number of unbranched alkanes of at least 4 members (excludes halogenated alkanes) is 40. The molecular formula is C63H116O5. The van der Waals surface area contributed by atoms with Crippen LogP contribution in [-0.4, -0.2) is 36.4 Å². The van der Waals surface area contributed by atoms with Crippen LogP contribution >= 0.6 is 0 Å². The quantitative estimate of drug-likeness (QED) is 0.0374. The topological polar surface area (TPSA) is 72.8 Å². The number of carbonyl (C=O) groups excluding carboxylic acids is 2. The highest BCUT2D eigenvalue weighted by Gasteiger charge is 2.16. The molecule has 0 aliphatic carbocycles. The summed E-state index contributed by atoms with van der Waals surface area (Å²) < 4.78 is 10.7. The van der Waals surface area contributed by atoms with E-state index in [0.29, 0.717) is 12.8 Å². The van der Waals surface area contributed by atoms with E-state index in [4.69, 9.17) is 9.47 Å². The van der Waals surface area contributed by atoms with Gasteiger partial charge in [-0.25, -0.2) is 0 Å². The number of esters is 2. The molecule has 0 bridgehead atoms. The van der Waals surface area contributed by atoms with Crippen molar-refractivity contribution in [3.05, 3.63) is 48.6 Å². The van der Waals surface area contributed by atoms with Gasteiger partial charge in [0.1, 0.15) is 6.61 Å². The molecule has 0 fully saturated rings. The molecule has 0 radical (unpaired) electrons. The summed E-state index contributed by atoms with van der Waals surface area (Å²) in [7, 11) is 0. The summed E-state index contributed by atoms with van der Waals surface area (Å²) in [5, 5.41) is 9.62. The Kier molecular flexibility index (Phi) is 57.3. The molecule has 5 heteroatoms. The molecule has 398 valence electrons. The predicted molar refractivity (Wildman–Crippen MR) is 297 cm³/mol. The van der Waals surface area contributed by atoms with Gasteiger partial charge in [-0.2, -0.15) is 0 Å². The lowest BCUT2D eigenvalue weighted by Crippen LogP contribution is -2.28. The zero-order valence-electron chi connectivity index (χ0n) is 45.6. The number of aliphatic hydroxyl groups excluding tert-OH is 1. The van der Waals surface area contributed by atoms with Crippen LogP contribution in [0.2, 0.25) is 0 Å². The fraction of sp³-hybridized carbons (Fsp3) is 0.841. The SMILES string of the molecule is CCCCCC/C=C\CCCCCCCC(=O)OCC(CO)OC(=O)CCCCCCCCCCCCCCCCCCCCCCCCCCCC/C=C\C/C=C\C/C=C\CCCCCCC. The average molecular weight is 954 g/mol. The van der Waals surface area contributed by atoms with Gasteiger partial charge in [-0.05, 0) is 77.0 Å². The van der Waals surface area contributed by atoms with Gasteiger partial charge in [-0.15, -0.1) is 0 Å². The summed E-state index contributed by atoms with van der Waals surface area (Å²) in [4.78, 5) is 24.4. The van der Waals surface area contributed by atoms with E-state index < -0.39 is 6.10 Å². The largest absolute Gasteiger partial charge is 0.462 e. The lowest BCUT2D eigenvalue weighted by Gasteiger charge is -2.15. The zero-order chi connectivity index (χ0) is 49.2. The van der Waals surface area contributed by atoms with E-state index in [-0.39, 0.29) is 25.2 Å². The second-order valence-electron chi connectivity index (χ2n) is 20.4. The molecule has 0 heterocycles. The molecule has 0 aliphatic heterocycles. The van der Waals surface area contributed by atoms with Crippen molar-refractivity contribution in [2.24, 2.45) is 0 Å². The van der Waals surface area contributed by atoms with Crippen LogP contribution in [0.4, 0.5) is 0 Å². The number of rotatable bonds is 56. The Morgan fingerprint density at radius 2 is 0.588 bits per heavy atom. The molecule has 0 aromatic rings. The van der Waals surface area contributed by atoms with Crippen molar-refractivity contribution in [2.75, 3.05) is 13.2 Å². The van der Waals surface area contributed by atoms with E-state index in [0.717, 1.165) is 57.8 Å². The Bertz CT molecular complexity index is 1120. The predicted octanol–water partition coefficient (Wildman–Crippen LogP) is 20.4. The van der Waals surface area contributed by atoms with Crippen molar-refractivity contribution in [2.45, 2.75) is 328 Å². The van der Waals surface area contributed by atoms with Crippen molar-refractivity contribution in [3.63, 3.8) is 0 Å². The number of allylic oxidation sites excluding steroid dienone is 8. The maximum atomic E-state index is 12.3. The van der Waals surface area contributed by atoms with Crippen molar-refractivity contribution >= 4 is 11.9 Å². The molecular weight excluding hydrogens is 837 g/mol. The van der Waals surface area contributed by atoms with E-state index in [1.54, 1.807) is 0 Å². The molecule has 5 nitrogen and oxygen atoms in total. The smallest absolute Gasteiger partial charge is 0.306 e. The second-order valence-corrected chi connectivity index (χ2v) is 20.4. The van der Waals surface area contributed by atoms with Crippen LogP contribution in [-0.2, 0) is 19.1 Å². The number of hydrogen-bond donors (Lipinski definition) is 1. The van der Waals surface area contributed by atoms with Gasteiger partial charge in [0.05, 0.1) is 6.61 Å². The fourth-order valence-electron chi connectivity index (χ4n) is 9.03. The molecule has 1 unspecified atom stereocenters. The molecule has 0 spiro atoms.